The van der Waals surface area contributed by atoms with Gasteiger partial charge < -0.3 is 9.67 Å². The molecule has 0 spiro atoms. The Balaban J connectivity index is 2.63. The molecular formula is C10H9FN2O2. The summed E-state index contributed by atoms with van der Waals surface area (Å²) in [5.41, 5.74) is 1.19. The largest absolute Gasteiger partial charge is 0.478 e. The van der Waals surface area contributed by atoms with Crippen LogP contribution in [0.5, 0.6) is 0 Å². The molecule has 1 aromatic carbocycles. The molecule has 2 rings (SSSR count). The minimum atomic E-state index is -1.02. The van der Waals surface area contributed by atoms with E-state index in [9.17, 15) is 9.18 Å². The van der Waals surface area contributed by atoms with Crippen LogP contribution in [0.2, 0.25) is 0 Å². The zero-order valence-electron chi connectivity index (χ0n) is 7.85. The van der Waals surface area contributed by atoms with Crippen molar-refractivity contribution in [2.24, 2.45) is 0 Å². The van der Waals surface area contributed by atoms with Gasteiger partial charge in [-0.3, -0.25) is 0 Å². The number of imidazole rings is 1. The molecule has 0 saturated heterocycles. The Hall–Kier alpha value is -1.91. The summed E-state index contributed by atoms with van der Waals surface area (Å²) in [6, 6.07) is 4.84. The maximum atomic E-state index is 12.2. The molecule has 0 aliphatic heterocycles. The molecule has 78 valence electrons. The van der Waals surface area contributed by atoms with Crippen molar-refractivity contribution in [2.75, 3.05) is 6.67 Å². The summed E-state index contributed by atoms with van der Waals surface area (Å²) in [7, 11) is 0. The lowest BCUT2D eigenvalue weighted by molar-refractivity contribution is 0.0699. The topological polar surface area (TPSA) is 55.1 Å². The Morgan fingerprint density at radius 3 is 3.00 bits per heavy atom. The Morgan fingerprint density at radius 1 is 1.53 bits per heavy atom. The zero-order chi connectivity index (χ0) is 10.8. The van der Waals surface area contributed by atoms with Crippen molar-refractivity contribution in [1.82, 2.24) is 9.55 Å². The van der Waals surface area contributed by atoms with E-state index in [2.05, 4.69) is 4.98 Å². The number of para-hydroxylation sites is 1. The Morgan fingerprint density at radius 2 is 2.33 bits per heavy atom. The number of benzene rings is 1. The van der Waals surface area contributed by atoms with Crippen molar-refractivity contribution < 1.29 is 14.3 Å². The first-order chi connectivity index (χ1) is 7.24. The molecule has 0 fully saturated rings. The van der Waals surface area contributed by atoms with E-state index >= 15 is 0 Å². The summed E-state index contributed by atoms with van der Waals surface area (Å²) in [6.07, 6.45) is 1.46. The van der Waals surface area contributed by atoms with Crippen LogP contribution in [-0.4, -0.2) is 27.3 Å². The summed E-state index contributed by atoms with van der Waals surface area (Å²) in [5, 5.41) is 8.90. The van der Waals surface area contributed by atoms with E-state index in [1.165, 1.54) is 12.4 Å². The Labute approximate surface area is 85.0 Å². The zero-order valence-corrected chi connectivity index (χ0v) is 7.85. The number of nitrogens with zero attached hydrogens (tertiary/aromatic N) is 2. The number of fused-ring (bicyclic) bond motifs is 1. The van der Waals surface area contributed by atoms with Crippen molar-refractivity contribution in [3.05, 3.63) is 30.1 Å². The summed E-state index contributed by atoms with van der Waals surface area (Å²) in [5.74, 6) is -1.02. The molecule has 4 nitrogen and oxygen atoms in total. The average molecular weight is 208 g/mol. The number of rotatable bonds is 3. The van der Waals surface area contributed by atoms with E-state index in [1.54, 1.807) is 16.7 Å². The maximum absolute atomic E-state index is 12.2. The quantitative estimate of drug-likeness (QED) is 0.835. The van der Waals surface area contributed by atoms with Gasteiger partial charge in [-0.05, 0) is 12.1 Å². The van der Waals surface area contributed by atoms with Crippen LogP contribution in [0.4, 0.5) is 4.39 Å². The molecule has 1 aromatic heterocycles. The number of alkyl halides is 1. The second kappa shape index (κ2) is 3.68. The summed E-state index contributed by atoms with van der Waals surface area (Å²) >= 11 is 0. The standard InChI is InChI=1S/C10H9FN2O2/c11-4-5-13-6-12-9-7(10(14)15)2-1-3-8(9)13/h1-3,6H,4-5H2,(H,14,15). The van der Waals surface area contributed by atoms with E-state index in [0.29, 0.717) is 11.0 Å². The fourth-order valence-corrected chi connectivity index (χ4v) is 1.53. The second-order valence-electron chi connectivity index (χ2n) is 3.11. The van der Waals surface area contributed by atoms with Crippen molar-refractivity contribution >= 4 is 17.0 Å². The van der Waals surface area contributed by atoms with Gasteiger partial charge in [0.05, 0.1) is 24.0 Å². The minimum absolute atomic E-state index is 0.144. The van der Waals surface area contributed by atoms with Gasteiger partial charge in [0.15, 0.2) is 0 Å². The van der Waals surface area contributed by atoms with Crippen molar-refractivity contribution in [1.29, 1.82) is 0 Å². The van der Waals surface area contributed by atoms with Crippen molar-refractivity contribution in [3.63, 3.8) is 0 Å². The molecule has 1 heterocycles. The number of aromatic nitrogens is 2. The first-order valence-electron chi connectivity index (χ1n) is 4.47. The number of hydrogen-bond donors (Lipinski definition) is 1. The van der Waals surface area contributed by atoms with Crippen LogP contribution < -0.4 is 0 Å². The highest BCUT2D eigenvalue weighted by Crippen LogP contribution is 2.17. The number of aryl methyl sites for hydroxylation is 1. The normalized spacial score (nSPS) is 10.7. The lowest BCUT2D eigenvalue weighted by Crippen LogP contribution is -1.99. The van der Waals surface area contributed by atoms with Gasteiger partial charge in [-0.1, -0.05) is 6.07 Å². The van der Waals surface area contributed by atoms with Crippen LogP contribution in [0.15, 0.2) is 24.5 Å². The number of carbonyl (C=O) groups is 1. The fraction of sp³-hybridized carbons (Fsp3) is 0.200. The average Bonchev–Trinajstić information content (AvgIpc) is 2.62. The number of halogens is 1. The van der Waals surface area contributed by atoms with Crippen LogP contribution >= 0.6 is 0 Å². The third kappa shape index (κ3) is 1.56. The smallest absolute Gasteiger partial charge is 0.337 e. The molecule has 15 heavy (non-hydrogen) atoms. The molecule has 1 N–H and O–H groups in total. The lowest BCUT2D eigenvalue weighted by atomic mass is 10.2. The third-order valence-corrected chi connectivity index (χ3v) is 2.21. The van der Waals surface area contributed by atoms with Crippen molar-refractivity contribution in [2.45, 2.75) is 6.54 Å². The maximum Gasteiger partial charge on any atom is 0.337 e. The minimum Gasteiger partial charge on any atom is -0.478 e. The highest BCUT2D eigenvalue weighted by molar-refractivity contribution is 6.00. The van der Waals surface area contributed by atoms with Gasteiger partial charge >= 0.3 is 5.97 Å². The molecule has 0 radical (unpaired) electrons. The van der Waals surface area contributed by atoms with E-state index in [4.69, 9.17) is 5.11 Å². The van der Waals surface area contributed by atoms with Gasteiger partial charge in [0.2, 0.25) is 0 Å². The lowest BCUT2D eigenvalue weighted by Gasteiger charge is -2.00. The second-order valence-corrected chi connectivity index (χ2v) is 3.11. The van der Waals surface area contributed by atoms with Crippen LogP contribution in [0, 0.1) is 0 Å². The molecule has 0 amide bonds. The first kappa shape index (κ1) is 9.64. The number of aromatic carboxylic acids is 1. The van der Waals surface area contributed by atoms with Gasteiger partial charge in [-0.25, -0.2) is 14.2 Å². The van der Waals surface area contributed by atoms with Gasteiger partial charge in [0.1, 0.15) is 12.2 Å². The van der Waals surface area contributed by atoms with E-state index in [1.807, 2.05) is 0 Å². The molecule has 0 aliphatic carbocycles. The highest BCUT2D eigenvalue weighted by atomic mass is 19.1. The van der Waals surface area contributed by atoms with Crippen LogP contribution in [0.25, 0.3) is 11.0 Å². The number of carboxylic acid groups (broad SMARTS) is 1. The number of hydrogen-bond acceptors (Lipinski definition) is 2. The molecule has 5 heteroatoms. The van der Waals surface area contributed by atoms with Gasteiger partial charge in [0.25, 0.3) is 0 Å². The first-order valence-corrected chi connectivity index (χ1v) is 4.47. The predicted octanol–water partition coefficient (Wildman–Crippen LogP) is 1.70. The highest BCUT2D eigenvalue weighted by Gasteiger charge is 2.11. The van der Waals surface area contributed by atoms with Gasteiger partial charge in [-0.2, -0.15) is 0 Å². The molecule has 2 aromatic rings. The van der Waals surface area contributed by atoms with Crippen molar-refractivity contribution in [3.8, 4) is 0 Å². The molecule has 0 saturated carbocycles. The summed E-state index contributed by atoms with van der Waals surface area (Å²) in [6.45, 7) is -0.303. The van der Waals surface area contributed by atoms with E-state index < -0.39 is 12.6 Å². The van der Waals surface area contributed by atoms with E-state index in [-0.39, 0.29) is 12.1 Å². The number of carboxylic acids is 1. The molecule has 0 unspecified atom stereocenters. The third-order valence-electron chi connectivity index (χ3n) is 2.21. The van der Waals surface area contributed by atoms with E-state index in [0.717, 1.165) is 0 Å². The summed E-state index contributed by atoms with van der Waals surface area (Å²) < 4.78 is 13.8. The molecular weight excluding hydrogens is 199 g/mol. The Kier molecular flexibility index (Phi) is 2.37. The SMILES string of the molecule is O=C(O)c1cccc2c1ncn2CCF. The summed E-state index contributed by atoms with van der Waals surface area (Å²) in [4.78, 5) is 14.8. The molecule has 0 bridgehead atoms. The fourth-order valence-electron chi connectivity index (χ4n) is 1.53. The monoisotopic (exact) mass is 208 g/mol. The van der Waals surface area contributed by atoms with Crippen LogP contribution in [0.1, 0.15) is 10.4 Å². The Bertz CT molecular complexity index is 507. The molecule has 0 atom stereocenters. The van der Waals surface area contributed by atoms with Gasteiger partial charge in [0, 0.05) is 0 Å². The predicted molar refractivity (Wildman–Crippen MR) is 52.7 cm³/mol. The van der Waals surface area contributed by atoms with Gasteiger partial charge in [-0.15, -0.1) is 0 Å². The molecule has 0 aliphatic rings. The van der Waals surface area contributed by atoms with Crippen LogP contribution in [0.3, 0.4) is 0 Å². The van der Waals surface area contributed by atoms with Crippen LogP contribution in [-0.2, 0) is 6.54 Å².